The van der Waals surface area contributed by atoms with E-state index in [-0.39, 0.29) is 59.0 Å². The van der Waals surface area contributed by atoms with Gasteiger partial charge >= 0.3 is 0 Å². The van der Waals surface area contributed by atoms with Crippen molar-refractivity contribution in [3.63, 3.8) is 0 Å². The van der Waals surface area contributed by atoms with E-state index in [1.807, 2.05) is 41.5 Å². The van der Waals surface area contributed by atoms with Crippen molar-refractivity contribution in [1.82, 2.24) is 9.21 Å². The number of carbonyl (C=O) groups excluding carboxylic acids is 5. The van der Waals surface area contributed by atoms with E-state index < -0.39 is 50.4 Å². The lowest BCUT2D eigenvalue weighted by atomic mass is 9.75. The van der Waals surface area contributed by atoms with Crippen molar-refractivity contribution in [3.8, 4) is 0 Å². The molecule has 4 aliphatic rings. The maximum atomic E-state index is 14.6. The van der Waals surface area contributed by atoms with E-state index in [1.54, 1.807) is 4.90 Å². The summed E-state index contributed by atoms with van der Waals surface area (Å²) in [5.41, 5.74) is 3.38. The first-order chi connectivity index (χ1) is 20.4. The first-order valence-corrected chi connectivity index (χ1v) is 18.4. The van der Waals surface area contributed by atoms with E-state index in [4.69, 9.17) is 5.73 Å². The van der Waals surface area contributed by atoms with Crippen LogP contribution in [0.15, 0.2) is 0 Å². The molecule has 2 spiro atoms. The highest BCUT2D eigenvalue weighted by atomic mass is 32.2. The zero-order chi connectivity index (χ0) is 34.1. The molecule has 2 saturated carbocycles. The molecular formula is C34H55N3O7S. The summed E-state index contributed by atoms with van der Waals surface area (Å²) in [4.78, 5) is 68.6. The molecule has 1 unspecified atom stereocenters. The second kappa shape index (κ2) is 11.5. The standard InChI is InChI=1S/C34H55N3O7S/c1-30(2,3)16-23(38)15-24(31(4,5)6)29(42)37-20-33(32(7,8)34(33)18-36(19-34)45(9,43)44)17-25(37)26(39)14-22(27(40)28(35)41)13-21-11-10-12-21/h21-22,24-25H,10-20H2,1-9H3,(H2,35,41)/t22?,24-,25+,33-/m1/s1. The number of rotatable bonds is 12. The van der Waals surface area contributed by atoms with Crippen LogP contribution in [0.4, 0.5) is 0 Å². The molecular weight excluding hydrogens is 594 g/mol. The Morgan fingerprint density at radius 1 is 0.911 bits per heavy atom. The maximum absolute atomic E-state index is 14.6. The molecule has 11 heteroatoms. The van der Waals surface area contributed by atoms with Crippen molar-refractivity contribution in [3.05, 3.63) is 0 Å². The Bertz CT molecular complexity index is 1360. The van der Waals surface area contributed by atoms with E-state index in [1.165, 1.54) is 10.6 Å². The zero-order valence-corrected chi connectivity index (χ0v) is 29.6. The number of nitrogens with zero attached hydrogens (tertiary/aromatic N) is 2. The number of likely N-dealkylation sites (tertiary alicyclic amines) is 1. The van der Waals surface area contributed by atoms with E-state index in [0.29, 0.717) is 32.4 Å². The minimum Gasteiger partial charge on any atom is -0.363 e. The summed E-state index contributed by atoms with van der Waals surface area (Å²) in [5, 5.41) is 0. The molecule has 10 nitrogen and oxygen atoms in total. The average Bonchev–Trinajstić information content (AvgIpc) is 3.06. The van der Waals surface area contributed by atoms with Crippen molar-refractivity contribution < 1.29 is 32.4 Å². The summed E-state index contributed by atoms with van der Waals surface area (Å²) >= 11 is 0. The van der Waals surface area contributed by atoms with Crippen molar-refractivity contribution in [1.29, 1.82) is 0 Å². The van der Waals surface area contributed by atoms with Crippen molar-refractivity contribution >= 4 is 39.2 Å². The van der Waals surface area contributed by atoms with Crippen LogP contribution in [0.25, 0.3) is 0 Å². The molecule has 0 aromatic heterocycles. The number of sulfonamides is 1. The Labute approximate surface area is 269 Å². The largest absolute Gasteiger partial charge is 0.363 e. The van der Waals surface area contributed by atoms with Crippen molar-refractivity contribution in [2.24, 2.45) is 50.6 Å². The smallest absolute Gasteiger partial charge is 0.285 e. The fourth-order valence-corrected chi connectivity index (χ4v) is 9.73. The number of carbonyl (C=O) groups is 5. The van der Waals surface area contributed by atoms with Gasteiger partial charge in [-0.25, -0.2) is 12.7 Å². The van der Waals surface area contributed by atoms with Gasteiger partial charge < -0.3 is 10.6 Å². The van der Waals surface area contributed by atoms with Crippen molar-refractivity contribution in [2.75, 3.05) is 25.9 Å². The molecule has 4 atom stereocenters. The van der Waals surface area contributed by atoms with Gasteiger partial charge in [-0.1, -0.05) is 74.7 Å². The van der Waals surface area contributed by atoms with Crippen LogP contribution in [-0.2, 0) is 34.0 Å². The first kappa shape index (κ1) is 35.7. The van der Waals surface area contributed by atoms with Crippen LogP contribution in [0.2, 0.25) is 0 Å². The molecule has 0 aromatic rings. The Balaban J connectivity index is 1.68. The number of amides is 2. The number of fused-ring (bicyclic) bond motifs is 1. The number of hydrogen-bond donors (Lipinski definition) is 1. The number of nitrogens with two attached hydrogens (primary N) is 1. The lowest BCUT2D eigenvalue weighted by Crippen LogP contribution is -2.54. The van der Waals surface area contributed by atoms with E-state index in [2.05, 4.69) is 13.8 Å². The number of Topliss-reactive ketones (excluding diaryl/α,β-unsaturated/α-hetero) is 3. The van der Waals surface area contributed by atoms with Crippen LogP contribution in [0, 0.1) is 44.8 Å². The molecule has 0 bridgehead atoms. The highest BCUT2D eigenvalue weighted by Gasteiger charge is 2.87. The molecule has 2 aliphatic carbocycles. The predicted octanol–water partition coefficient (Wildman–Crippen LogP) is 3.75. The normalized spacial score (nSPS) is 27.5. The number of ketones is 3. The third-order valence-electron chi connectivity index (χ3n) is 12.0. The van der Waals surface area contributed by atoms with Gasteiger partial charge in [0.2, 0.25) is 21.7 Å². The van der Waals surface area contributed by atoms with E-state index in [9.17, 15) is 32.4 Å². The zero-order valence-electron chi connectivity index (χ0n) is 28.8. The molecule has 2 heterocycles. The predicted molar refractivity (Wildman–Crippen MR) is 171 cm³/mol. The van der Waals surface area contributed by atoms with E-state index in [0.717, 1.165) is 19.3 Å². The fraction of sp³-hybridized carbons (Fsp3) is 0.853. The number of primary amides is 1. The van der Waals surface area contributed by atoms with Gasteiger partial charge in [0.1, 0.15) is 5.78 Å². The van der Waals surface area contributed by atoms with Gasteiger partial charge in [-0.2, -0.15) is 0 Å². The lowest BCUT2D eigenvalue weighted by Gasteiger charge is -2.42. The first-order valence-electron chi connectivity index (χ1n) is 16.5. The van der Waals surface area contributed by atoms with Gasteiger partial charge in [0.05, 0.1) is 12.3 Å². The molecule has 2 amide bonds. The molecule has 4 fully saturated rings. The van der Waals surface area contributed by atoms with Gasteiger partial charge in [-0.15, -0.1) is 0 Å². The minimum absolute atomic E-state index is 0.00816. The summed E-state index contributed by atoms with van der Waals surface area (Å²) in [6.07, 6.45) is 5.12. The third-order valence-corrected chi connectivity index (χ3v) is 13.2. The molecule has 2 aliphatic heterocycles. The Morgan fingerprint density at radius 3 is 1.93 bits per heavy atom. The third kappa shape index (κ3) is 6.41. The van der Waals surface area contributed by atoms with Crippen LogP contribution in [0.3, 0.4) is 0 Å². The Morgan fingerprint density at radius 2 is 1.49 bits per heavy atom. The van der Waals surface area contributed by atoms with Crippen LogP contribution in [0.5, 0.6) is 0 Å². The summed E-state index contributed by atoms with van der Waals surface area (Å²) in [5.74, 6) is -3.56. The highest BCUT2D eigenvalue weighted by molar-refractivity contribution is 7.88. The summed E-state index contributed by atoms with van der Waals surface area (Å²) in [6.45, 7) is 16.9. The van der Waals surface area contributed by atoms with Crippen LogP contribution in [-0.4, -0.2) is 78.7 Å². The molecule has 45 heavy (non-hydrogen) atoms. The molecule has 4 rings (SSSR count). The van der Waals surface area contributed by atoms with Crippen LogP contribution < -0.4 is 5.73 Å². The van der Waals surface area contributed by atoms with Gasteiger partial charge in [-0.3, -0.25) is 24.0 Å². The van der Waals surface area contributed by atoms with Crippen LogP contribution in [0.1, 0.15) is 107 Å². The van der Waals surface area contributed by atoms with Gasteiger partial charge in [0.15, 0.2) is 5.78 Å². The Hall–Kier alpha value is -2.14. The highest BCUT2D eigenvalue weighted by Crippen LogP contribution is 2.84. The Kier molecular flexibility index (Phi) is 9.15. The summed E-state index contributed by atoms with van der Waals surface area (Å²) < 4.78 is 26.2. The summed E-state index contributed by atoms with van der Waals surface area (Å²) in [7, 11) is -3.39. The summed E-state index contributed by atoms with van der Waals surface area (Å²) in [6, 6.07) is -0.837. The quantitative estimate of drug-likeness (QED) is 0.316. The maximum Gasteiger partial charge on any atom is 0.285 e. The SMILES string of the molecule is CC(C)(C)CC(=O)C[C@H](C(=O)N1C[C@]2(C[C@H]1C(=O)CC(CC1CCC1)C(=O)C(N)=O)C(C)(C)C21CN(S(C)(=O)=O)C1)C(C)(C)C. The monoisotopic (exact) mass is 649 g/mol. The van der Waals surface area contributed by atoms with Gasteiger partial charge in [0, 0.05) is 61.6 Å². The molecule has 2 saturated heterocycles. The average molecular weight is 650 g/mol. The van der Waals surface area contributed by atoms with Gasteiger partial charge in [0.25, 0.3) is 5.91 Å². The lowest BCUT2D eigenvalue weighted by molar-refractivity contribution is -0.147. The molecule has 0 radical (unpaired) electrons. The molecule has 2 N–H and O–H groups in total. The minimum atomic E-state index is -3.39. The second-order valence-electron chi connectivity index (χ2n) is 17.5. The van der Waals surface area contributed by atoms with Crippen molar-refractivity contribution in [2.45, 2.75) is 113 Å². The van der Waals surface area contributed by atoms with Gasteiger partial charge in [-0.05, 0) is 35.0 Å². The fourth-order valence-electron chi connectivity index (χ4n) is 8.82. The number of hydrogen-bond acceptors (Lipinski definition) is 7. The van der Waals surface area contributed by atoms with E-state index >= 15 is 0 Å². The topological polar surface area (TPSA) is 152 Å². The van der Waals surface area contributed by atoms with Crippen LogP contribution >= 0.6 is 0 Å². The molecule has 254 valence electrons. The molecule has 0 aromatic carbocycles. The second-order valence-corrected chi connectivity index (χ2v) is 19.5.